The lowest BCUT2D eigenvalue weighted by molar-refractivity contribution is 0.0565. The summed E-state index contributed by atoms with van der Waals surface area (Å²) in [5, 5.41) is 10.7. The van der Waals surface area contributed by atoms with Crippen LogP contribution in [0, 0.1) is 19.7 Å². The molecule has 3 heteroatoms. The van der Waals surface area contributed by atoms with Gasteiger partial charge in [0.2, 0.25) is 0 Å². The predicted octanol–water partition coefficient (Wildman–Crippen LogP) is 3.90. The van der Waals surface area contributed by atoms with Crippen molar-refractivity contribution in [1.29, 1.82) is 0 Å². The van der Waals surface area contributed by atoms with Gasteiger partial charge >= 0.3 is 0 Å². The summed E-state index contributed by atoms with van der Waals surface area (Å²) in [6.45, 7) is 5.73. The van der Waals surface area contributed by atoms with Crippen LogP contribution < -0.4 is 4.74 Å². The summed E-state index contributed by atoms with van der Waals surface area (Å²) in [6.07, 6.45) is 0.193. The van der Waals surface area contributed by atoms with Crippen LogP contribution in [0.1, 0.15) is 29.2 Å². The molecule has 0 saturated carbocycles. The van der Waals surface area contributed by atoms with Crippen molar-refractivity contribution in [3.63, 3.8) is 0 Å². The van der Waals surface area contributed by atoms with Crippen molar-refractivity contribution in [3.05, 3.63) is 64.5 Å². The number of ether oxygens (including phenoxy) is 1. The molecular weight excluding hydrogens is 267 g/mol. The summed E-state index contributed by atoms with van der Waals surface area (Å²) < 4.78 is 19.2. The fourth-order valence-corrected chi connectivity index (χ4v) is 2.40. The van der Waals surface area contributed by atoms with Gasteiger partial charge in [0.25, 0.3) is 0 Å². The number of aryl methyl sites for hydroxylation is 2. The van der Waals surface area contributed by atoms with Crippen molar-refractivity contribution in [2.45, 2.75) is 32.8 Å². The summed E-state index contributed by atoms with van der Waals surface area (Å²) >= 11 is 0. The third-order valence-electron chi connectivity index (χ3n) is 3.93. The minimum absolute atomic E-state index is 0.193. The molecule has 0 bridgehead atoms. The second-order valence-corrected chi connectivity index (χ2v) is 5.68. The fourth-order valence-electron chi connectivity index (χ4n) is 2.40. The Balaban J connectivity index is 2.34. The molecule has 2 nitrogen and oxygen atoms in total. The van der Waals surface area contributed by atoms with Gasteiger partial charge in [-0.15, -0.1) is 0 Å². The molecular formula is C18H21FO2. The molecule has 0 aliphatic rings. The largest absolute Gasteiger partial charge is 0.494 e. The second kappa shape index (κ2) is 5.86. The zero-order valence-electron chi connectivity index (χ0n) is 12.9. The average Bonchev–Trinajstić information content (AvgIpc) is 2.44. The van der Waals surface area contributed by atoms with Crippen LogP contribution in [-0.4, -0.2) is 12.2 Å². The Kier molecular flexibility index (Phi) is 4.33. The maximum Gasteiger partial charge on any atom is 0.168 e. The summed E-state index contributed by atoms with van der Waals surface area (Å²) in [4.78, 5) is 0. The molecule has 0 radical (unpaired) electrons. The van der Waals surface area contributed by atoms with E-state index >= 15 is 0 Å². The van der Waals surface area contributed by atoms with E-state index in [0.717, 1.165) is 11.1 Å². The summed E-state index contributed by atoms with van der Waals surface area (Å²) in [5.74, 6) is -0.215. The van der Waals surface area contributed by atoms with Gasteiger partial charge in [-0.05, 0) is 49.1 Å². The third kappa shape index (κ3) is 3.24. The Bertz CT molecular complexity index is 648. The van der Waals surface area contributed by atoms with Crippen molar-refractivity contribution in [1.82, 2.24) is 0 Å². The van der Waals surface area contributed by atoms with Crippen LogP contribution in [0.5, 0.6) is 5.75 Å². The third-order valence-corrected chi connectivity index (χ3v) is 3.93. The fraction of sp³-hybridized carbons (Fsp3) is 0.333. The lowest BCUT2D eigenvalue weighted by atomic mass is 9.87. The summed E-state index contributed by atoms with van der Waals surface area (Å²) in [5.41, 5.74) is 2.37. The number of hydrogen-bond acceptors (Lipinski definition) is 2. The van der Waals surface area contributed by atoms with Gasteiger partial charge in [-0.2, -0.15) is 0 Å². The first-order chi connectivity index (χ1) is 9.85. The van der Waals surface area contributed by atoms with Crippen LogP contribution in [0.3, 0.4) is 0 Å². The van der Waals surface area contributed by atoms with E-state index in [0.29, 0.717) is 5.56 Å². The van der Waals surface area contributed by atoms with Crippen LogP contribution in [0.15, 0.2) is 36.4 Å². The highest BCUT2D eigenvalue weighted by atomic mass is 19.1. The Morgan fingerprint density at radius 1 is 1.14 bits per heavy atom. The first-order valence-corrected chi connectivity index (χ1v) is 6.96. The number of methoxy groups -OCH3 is 1. The zero-order chi connectivity index (χ0) is 15.6. The Morgan fingerprint density at radius 2 is 1.86 bits per heavy atom. The predicted molar refractivity (Wildman–Crippen MR) is 82.1 cm³/mol. The molecule has 0 spiro atoms. The minimum atomic E-state index is -1.13. The molecule has 0 aliphatic heterocycles. The van der Waals surface area contributed by atoms with Gasteiger partial charge in [0.05, 0.1) is 12.7 Å². The van der Waals surface area contributed by atoms with E-state index in [1.54, 1.807) is 25.1 Å². The van der Waals surface area contributed by atoms with Gasteiger partial charge in [0, 0.05) is 6.42 Å². The number of hydrogen-bond donors (Lipinski definition) is 1. The molecule has 0 fully saturated rings. The topological polar surface area (TPSA) is 29.5 Å². The first kappa shape index (κ1) is 15.5. The average molecular weight is 288 g/mol. The number of benzene rings is 2. The Morgan fingerprint density at radius 3 is 2.48 bits per heavy atom. The maximum atomic E-state index is 14.2. The molecule has 21 heavy (non-hydrogen) atoms. The number of halogens is 1. The van der Waals surface area contributed by atoms with Crippen molar-refractivity contribution in [3.8, 4) is 5.75 Å². The maximum absolute atomic E-state index is 14.2. The Hall–Kier alpha value is -1.87. The number of aliphatic hydroxyl groups is 1. The molecule has 0 amide bonds. The summed E-state index contributed by atoms with van der Waals surface area (Å²) in [6, 6.07) is 10.8. The molecule has 2 rings (SSSR count). The molecule has 1 atom stereocenters. The zero-order valence-corrected chi connectivity index (χ0v) is 12.9. The Labute approximate surface area is 125 Å². The van der Waals surface area contributed by atoms with Gasteiger partial charge in [0.1, 0.15) is 0 Å². The standard InChI is InChI=1S/C18H21FO2/c1-12-8-9-15(10-13(12)2)18(3,20)11-14-6-5-7-16(21-4)17(14)19/h5-10,20H,11H2,1-4H3. The molecule has 0 saturated heterocycles. The van der Waals surface area contributed by atoms with Gasteiger partial charge in [-0.25, -0.2) is 4.39 Å². The lowest BCUT2D eigenvalue weighted by Crippen LogP contribution is -2.25. The van der Waals surface area contributed by atoms with Crippen LogP contribution in [0.2, 0.25) is 0 Å². The smallest absolute Gasteiger partial charge is 0.168 e. The van der Waals surface area contributed by atoms with E-state index in [4.69, 9.17) is 4.74 Å². The quantitative estimate of drug-likeness (QED) is 0.924. The van der Waals surface area contributed by atoms with Crippen LogP contribution >= 0.6 is 0 Å². The highest BCUT2D eigenvalue weighted by Crippen LogP contribution is 2.30. The molecule has 0 heterocycles. The number of rotatable bonds is 4. The van der Waals surface area contributed by atoms with Gasteiger partial charge < -0.3 is 9.84 Å². The molecule has 2 aromatic rings. The van der Waals surface area contributed by atoms with Crippen LogP contribution in [-0.2, 0) is 12.0 Å². The normalized spacial score (nSPS) is 13.8. The van der Waals surface area contributed by atoms with E-state index in [-0.39, 0.29) is 12.2 Å². The van der Waals surface area contributed by atoms with Gasteiger partial charge in [-0.3, -0.25) is 0 Å². The van der Waals surface area contributed by atoms with E-state index in [2.05, 4.69) is 0 Å². The molecule has 1 unspecified atom stereocenters. The molecule has 0 aliphatic carbocycles. The second-order valence-electron chi connectivity index (χ2n) is 5.68. The van der Waals surface area contributed by atoms with Gasteiger partial charge in [0.15, 0.2) is 11.6 Å². The minimum Gasteiger partial charge on any atom is -0.494 e. The van der Waals surface area contributed by atoms with E-state index < -0.39 is 11.4 Å². The highest BCUT2D eigenvalue weighted by molar-refractivity contribution is 5.36. The molecule has 0 aromatic heterocycles. The SMILES string of the molecule is COc1cccc(CC(C)(O)c2ccc(C)c(C)c2)c1F. The lowest BCUT2D eigenvalue weighted by Gasteiger charge is -2.25. The van der Waals surface area contributed by atoms with Crippen molar-refractivity contribution >= 4 is 0 Å². The van der Waals surface area contributed by atoms with Crippen LogP contribution in [0.4, 0.5) is 4.39 Å². The monoisotopic (exact) mass is 288 g/mol. The van der Waals surface area contributed by atoms with Crippen molar-refractivity contribution in [2.75, 3.05) is 7.11 Å². The first-order valence-electron chi connectivity index (χ1n) is 6.96. The van der Waals surface area contributed by atoms with Gasteiger partial charge in [-0.1, -0.05) is 30.3 Å². The van der Waals surface area contributed by atoms with Crippen molar-refractivity contribution in [2.24, 2.45) is 0 Å². The highest BCUT2D eigenvalue weighted by Gasteiger charge is 2.26. The van der Waals surface area contributed by atoms with E-state index in [1.165, 1.54) is 12.7 Å². The van der Waals surface area contributed by atoms with Crippen LogP contribution in [0.25, 0.3) is 0 Å². The van der Waals surface area contributed by atoms with E-state index in [9.17, 15) is 9.50 Å². The van der Waals surface area contributed by atoms with Crippen molar-refractivity contribution < 1.29 is 14.2 Å². The van der Waals surface area contributed by atoms with E-state index in [1.807, 2.05) is 32.0 Å². The molecule has 2 aromatic carbocycles. The summed E-state index contributed by atoms with van der Waals surface area (Å²) in [7, 11) is 1.43. The molecule has 112 valence electrons. The molecule has 1 N–H and O–H groups in total.